The van der Waals surface area contributed by atoms with Crippen LogP contribution in [0, 0.1) is 0 Å². The lowest BCUT2D eigenvalue weighted by Gasteiger charge is -1.99. The number of nitrogens with two attached hydrogens (primary N) is 1. The first-order chi connectivity index (χ1) is 8.79. The molecule has 0 bridgehead atoms. The van der Waals surface area contributed by atoms with Gasteiger partial charge in [-0.05, 0) is 40.7 Å². The van der Waals surface area contributed by atoms with Crippen LogP contribution in [-0.4, -0.2) is 26.1 Å². The zero-order valence-corrected chi connectivity index (χ0v) is 11.2. The number of aromatic nitrogens is 4. The van der Waals surface area contributed by atoms with E-state index in [9.17, 15) is 0 Å². The predicted octanol–water partition coefficient (Wildman–Crippen LogP) is 1.99. The maximum Gasteiger partial charge on any atom is 0.155 e. The number of fused-ring (bicyclic) bond motifs is 1. The Kier molecular flexibility index (Phi) is 2.89. The van der Waals surface area contributed by atoms with Crippen molar-refractivity contribution in [3.63, 3.8) is 0 Å². The molecule has 0 fully saturated rings. The average molecular weight is 306 g/mol. The Morgan fingerprint density at radius 1 is 1.33 bits per heavy atom. The van der Waals surface area contributed by atoms with Crippen molar-refractivity contribution in [2.24, 2.45) is 5.73 Å². The van der Waals surface area contributed by atoms with Crippen LogP contribution in [0.2, 0.25) is 0 Å². The van der Waals surface area contributed by atoms with Gasteiger partial charge in [0.15, 0.2) is 5.65 Å². The molecule has 0 aliphatic rings. The molecule has 3 rings (SSSR count). The Bertz CT molecular complexity index is 671. The molecule has 6 heteroatoms. The van der Waals surface area contributed by atoms with Crippen molar-refractivity contribution in [1.29, 1.82) is 0 Å². The molecule has 0 spiro atoms. The van der Waals surface area contributed by atoms with Gasteiger partial charge in [0.2, 0.25) is 0 Å². The molecule has 3 N–H and O–H groups in total. The second-order valence-electron chi connectivity index (χ2n) is 3.98. The van der Waals surface area contributed by atoms with E-state index in [-0.39, 0.29) is 0 Å². The molecule has 0 saturated heterocycles. The molecule has 0 radical (unpaired) electrons. The number of aromatic amines is 1. The van der Waals surface area contributed by atoms with Crippen LogP contribution < -0.4 is 5.73 Å². The van der Waals surface area contributed by atoms with E-state index in [1.54, 1.807) is 4.52 Å². The molecule has 0 atom stereocenters. The normalized spacial score (nSPS) is 11.2. The van der Waals surface area contributed by atoms with Gasteiger partial charge in [-0.2, -0.15) is 5.10 Å². The van der Waals surface area contributed by atoms with E-state index in [0.29, 0.717) is 6.54 Å². The Morgan fingerprint density at radius 3 is 2.94 bits per heavy atom. The molecule has 0 unspecified atom stereocenters. The van der Waals surface area contributed by atoms with Crippen LogP contribution in [-0.2, 0) is 6.42 Å². The smallest absolute Gasteiger partial charge is 0.155 e. The van der Waals surface area contributed by atoms with Gasteiger partial charge in [0, 0.05) is 24.4 Å². The first kappa shape index (κ1) is 11.4. The molecule has 5 nitrogen and oxygen atoms in total. The summed E-state index contributed by atoms with van der Waals surface area (Å²) in [4.78, 5) is 7.51. The Balaban J connectivity index is 2.14. The van der Waals surface area contributed by atoms with Crippen LogP contribution >= 0.6 is 15.9 Å². The third-order valence-corrected chi connectivity index (χ3v) is 3.56. The van der Waals surface area contributed by atoms with E-state index in [2.05, 4.69) is 31.0 Å². The number of hydrogen-bond acceptors (Lipinski definition) is 3. The van der Waals surface area contributed by atoms with Crippen LogP contribution in [0.4, 0.5) is 0 Å². The van der Waals surface area contributed by atoms with E-state index in [1.165, 1.54) is 0 Å². The number of imidazole rings is 1. The van der Waals surface area contributed by atoms with Crippen molar-refractivity contribution in [2.45, 2.75) is 6.42 Å². The Morgan fingerprint density at radius 2 is 2.22 bits per heavy atom. The highest BCUT2D eigenvalue weighted by molar-refractivity contribution is 9.10. The lowest BCUT2D eigenvalue weighted by atomic mass is 10.2. The van der Waals surface area contributed by atoms with Crippen molar-refractivity contribution >= 4 is 21.6 Å². The SMILES string of the molecule is NCCc1nc2ccc(-c3cc[nH]c3)nn2c1Br. The fourth-order valence-electron chi connectivity index (χ4n) is 1.89. The van der Waals surface area contributed by atoms with Crippen molar-refractivity contribution in [2.75, 3.05) is 6.54 Å². The monoisotopic (exact) mass is 305 g/mol. The highest BCUT2D eigenvalue weighted by atomic mass is 79.9. The molecule has 3 aromatic heterocycles. The highest BCUT2D eigenvalue weighted by Gasteiger charge is 2.11. The van der Waals surface area contributed by atoms with Crippen molar-refractivity contribution < 1.29 is 0 Å². The lowest BCUT2D eigenvalue weighted by Crippen LogP contribution is -2.03. The van der Waals surface area contributed by atoms with Gasteiger partial charge in [0.05, 0.1) is 11.4 Å². The van der Waals surface area contributed by atoms with Crippen LogP contribution in [0.3, 0.4) is 0 Å². The lowest BCUT2D eigenvalue weighted by molar-refractivity contribution is 0.895. The maximum absolute atomic E-state index is 5.56. The second kappa shape index (κ2) is 4.55. The van der Waals surface area contributed by atoms with Gasteiger partial charge in [0.1, 0.15) is 4.60 Å². The molecular formula is C12H12BrN5. The van der Waals surface area contributed by atoms with E-state index < -0.39 is 0 Å². The van der Waals surface area contributed by atoms with Crippen LogP contribution in [0.5, 0.6) is 0 Å². The summed E-state index contributed by atoms with van der Waals surface area (Å²) in [5.74, 6) is 0. The van der Waals surface area contributed by atoms with Crippen molar-refractivity contribution in [3.05, 3.63) is 40.9 Å². The number of nitrogens with one attached hydrogen (secondary N) is 1. The van der Waals surface area contributed by atoms with E-state index in [0.717, 1.165) is 33.6 Å². The number of halogens is 1. The zero-order chi connectivity index (χ0) is 12.5. The molecule has 0 amide bonds. The minimum absolute atomic E-state index is 0.577. The quantitative estimate of drug-likeness (QED) is 0.777. The number of H-pyrrole nitrogens is 1. The number of rotatable bonds is 3. The van der Waals surface area contributed by atoms with Crippen LogP contribution in [0.15, 0.2) is 35.2 Å². The maximum atomic E-state index is 5.56. The molecule has 92 valence electrons. The molecule has 0 saturated carbocycles. The summed E-state index contributed by atoms with van der Waals surface area (Å²) in [6, 6.07) is 5.91. The first-order valence-corrected chi connectivity index (χ1v) is 6.46. The summed E-state index contributed by atoms with van der Waals surface area (Å²) in [6.45, 7) is 0.577. The molecule has 0 aromatic carbocycles. The summed E-state index contributed by atoms with van der Waals surface area (Å²) in [5, 5.41) is 4.57. The van der Waals surface area contributed by atoms with Gasteiger partial charge in [0.25, 0.3) is 0 Å². The van der Waals surface area contributed by atoms with Gasteiger partial charge in [-0.1, -0.05) is 0 Å². The van der Waals surface area contributed by atoms with Crippen LogP contribution in [0.25, 0.3) is 16.9 Å². The zero-order valence-electron chi connectivity index (χ0n) is 9.60. The second-order valence-corrected chi connectivity index (χ2v) is 4.73. The van der Waals surface area contributed by atoms with Gasteiger partial charge in [-0.3, -0.25) is 0 Å². The summed E-state index contributed by atoms with van der Waals surface area (Å²) in [7, 11) is 0. The first-order valence-electron chi connectivity index (χ1n) is 5.67. The minimum Gasteiger partial charge on any atom is -0.367 e. The molecule has 3 heterocycles. The molecule has 0 aliphatic heterocycles. The summed E-state index contributed by atoms with van der Waals surface area (Å²) < 4.78 is 2.67. The Hall–Kier alpha value is -1.66. The standard InChI is InChI=1S/C12H12BrN5/c13-12-10(3-5-14)16-11-2-1-9(17-18(11)12)8-4-6-15-7-8/h1-2,4,6-7,15H,3,5,14H2. The minimum atomic E-state index is 0.577. The van der Waals surface area contributed by atoms with Crippen LogP contribution in [0.1, 0.15) is 5.69 Å². The van der Waals surface area contributed by atoms with Gasteiger partial charge < -0.3 is 10.7 Å². The van der Waals surface area contributed by atoms with E-state index in [1.807, 2.05) is 30.6 Å². The topological polar surface area (TPSA) is 72.0 Å². The van der Waals surface area contributed by atoms with E-state index >= 15 is 0 Å². The van der Waals surface area contributed by atoms with Gasteiger partial charge in [-0.15, -0.1) is 0 Å². The van der Waals surface area contributed by atoms with Gasteiger partial charge >= 0.3 is 0 Å². The fraction of sp³-hybridized carbons (Fsp3) is 0.167. The van der Waals surface area contributed by atoms with Gasteiger partial charge in [-0.25, -0.2) is 9.50 Å². The summed E-state index contributed by atoms with van der Waals surface area (Å²) in [6.07, 6.45) is 4.53. The molecule has 0 aliphatic carbocycles. The molecule has 18 heavy (non-hydrogen) atoms. The number of nitrogens with zero attached hydrogens (tertiary/aromatic N) is 3. The average Bonchev–Trinajstić information content (AvgIpc) is 3.00. The Labute approximate surface area is 112 Å². The highest BCUT2D eigenvalue weighted by Crippen LogP contribution is 2.21. The molecular weight excluding hydrogens is 294 g/mol. The molecule has 3 aromatic rings. The summed E-state index contributed by atoms with van der Waals surface area (Å²) >= 11 is 3.52. The fourth-order valence-corrected chi connectivity index (χ4v) is 2.43. The summed E-state index contributed by atoms with van der Waals surface area (Å²) in [5.41, 5.74) is 9.29. The largest absolute Gasteiger partial charge is 0.367 e. The van der Waals surface area contributed by atoms with Crippen molar-refractivity contribution in [3.8, 4) is 11.3 Å². The predicted molar refractivity (Wildman–Crippen MR) is 73.2 cm³/mol. The third kappa shape index (κ3) is 1.83. The number of hydrogen-bond donors (Lipinski definition) is 2. The third-order valence-electron chi connectivity index (χ3n) is 2.76. The van der Waals surface area contributed by atoms with E-state index in [4.69, 9.17) is 5.73 Å². The van der Waals surface area contributed by atoms with Crippen molar-refractivity contribution in [1.82, 2.24) is 19.6 Å².